The monoisotopic (exact) mass is 455 g/mol. The van der Waals surface area contributed by atoms with Crippen molar-refractivity contribution in [3.63, 3.8) is 0 Å². The summed E-state index contributed by atoms with van der Waals surface area (Å²) in [5.74, 6) is 0.652. The van der Waals surface area contributed by atoms with E-state index in [-0.39, 0.29) is 18.4 Å². The van der Waals surface area contributed by atoms with E-state index in [4.69, 9.17) is 26.1 Å². The fourth-order valence-electron chi connectivity index (χ4n) is 4.34. The Balaban J connectivity index is 1.41. The molecule has 5 rings (SSSR count). The molecule has 2 aliphatic rings. The molecule has 168 valence electrons. The van der Waals surface area contributed by atoms with Crippen LogP contribution in [0.4, 0.5) is 4.79 Å². The van der Waals surface area contributed by atoms with Gasteiger partial charge < -0.3 is 9.47 Å². The Kier molecular flexibility index (Phi) is 5.31. The lowest BCUT2D eigenvalue weighted by Gasteiger charge is -2.39. The van der Waals surface area contributed by atoms with Gasteiger partial charge in [0.1, 0.15) is 11.8 Å². The van der Waals surface area contributed by atoms with Gasteiger partial charge in [0.05, 0.1) is 24.0 Å². The molecule has 2 aliphatic heterocycles. The Labute approximate surface area is 191 Å². The van der Waals surface area contributed by atoms with Gasteiger partial charge in [0.2, 0.25) is 5.78 Å². The maximum Gasteiger partial charge on any atom is 0.412 e. The summed E-state index contributed by atoms with van der Waals surface area (Å²) >= 11 is 6.09. The number of benzene rings is 1. The number of carbonyl (C=O) groups excluding carboxylic acids is 1. The Morgan fingerprint density at radius 2 is 2.03 bits per heavy atom. The number of nitrogens with zero attached hydrogens (tertiary/aromatic N) is 5. The molecule has 4 heterocycles. The molecule has 8 nitrogen and oxygen atoms in total. The predicted molar refractivity (Wildman–Crippen MR) is 120 cm³/mol. The summed E-state index contributed by atoms with van der Waals surface area (Å²) in [6.07, 6.45) is 3.09. The topological polar surface area (TPSA) is 72.2 Å². The first kappa shape index (κ1) is 21.2. The quantitative estimate of drug-likeness (QED) is 0.597. The molecule has 2 aromatic heterocycles. The fourth-order valence-corrected chi connectivity index (χ4v) is 4.47. The molecule has 3 aromatic rings. The smallest absolute Gasteiger partial charge is 0.412 e. The Morgan fingerprint density at radius 1 is 1.25 bits per heavy atom. The lowest BCUT2D eigenvalue weighted by Crippen LogP contribution is -2.57. The second-order valence-corrected chi connectivity index (χ2v) is 9.66. The second kappa shape index (κ2) is 8.03. The summed E-state index contributed by atoms with van der Waals surface area (Å²) in [6.45, 7) is 8.10. The molecule has 9 heteroatoms. The summed E-state index contributed by atoms with van der Waals surface area (Å²) in [7, 11) is 0. The van der Waals surface area contributed by atoms with Crippen LogP contribution in [0.15, 0.2) is 42.7 Å². The highest BCUT2D eigenvalue weighted by atomic mass is 35.5. The molecule has 0 saturated carbocycles. The van der Waals surface area contributed by atoms with Gasteiger partial charge in [-0.25, -0.2) is 14.8 Å². The third-order valence-electron chi connectivity index (χ3n) is 5.67. The summed E-state index contributed by atoms with van der Waals surface area (Å²) < 4.78 is 13.5. The molecule has 0 spiro atoms. The van der Waals surface area contributed by atoms with Crippen molar-refractivity contribution < 1.29 is 14.3 Å². The van der Waals surface area contributed by atoms with Gasteiger partial charge in [0.15, 0.2) is 0 Å². The molecular formula is C23H26ClN5O3. The van der Waals surface area contributed by atoms with E-state index >= 15 is 0 Å². The van der Waals surface area contributed by atoms with Crippen LogP contribution in [0.5, 0.6) is 0 Å². The van der Waals surface area contributed by atoms with Gasteiger partial charge in [-0.2, -0.15) is 0 Å². The highest BCUT2D eigenvalue weighted by molar-refractivity contribution is 6.30. The van der Waals surface area contributed by atoms with Crippen molar-refractivity contribution in [1.29, 1.82) is 0 Å². The van der Waals surface area contributed by atoms with Crippen LogP contribution < -0.4 is 0 Å². The third kappa shape index (κ3) is 4.05. The molecule has 1 aromatic carbocycles. The van der Waals surface area contributed by atoms with E-state index in [1.165, 1.54) is 0 Å². The van der Waals surface area contributed by atoms with Crippen LogP contribution in [0.25, 0.3) is 17.0 Å². The van der Waals surface area contributed by atoms with Gasteiger partial charge in [-0.05, 0) is 39.0 Å². The van der Waals surface area contributed by atoms with Crippen LogP contribution >= 0.6 is 11.6 Å². The number of aromatic nitrogens is 3. The zero-order valence-electron chi connectivity index (χ0n) is 18.4. The van der Waals surface area contributed by atoms with Crippen LogP contribution in [-0.2, 0) is 16.0 Å². The number of piperazine rings is 1. The first-order chi connectivity index (χ1) is 15.3. The number of ether oxygens (including phenoxy) is 2. The van der Waals surface area contributed by atoms with Crippen LogP contribution in [-0.4, -0.2) is 67.8 Å². The zero-order chi connectivity index (χ0) is 22.5. The summed E-state index contributed by atoms with van der Waals surface area (Å²) in [5.41, 5.74) is 2.37. The van der Waals surface area contributed by atoms with E-state index in [0.29, 0.717) is 37.0 Å². The number of fused-ring (bicyclic) bond motifs is 3. The normalized spacial score (nSPS) is 21.3. The first-order valence-electron chi connectivity index (χ1n) is 10.7. The first-order valence-corrected chi connectivity index (χ1v) is 11.1. The van der Waals surface area contributed by atoms with Gasteiger partial charge in [0.25, 0.3) is 0 Å². The lowest BCUT2D eigenvalue weighted by molar-refractivity contribution is -0.0424. The number of amides is 1. The molecule has 32 heavy (non-hydrogen) atoms. The maximum atomic E-state index is 12.7. The van der Waals surface area contributed by atoms with Crippen molar-refractivity contribution in [3.8, 4) is 11.3 Å². The zero-order valence-corrected chi connectivity index (χ0v) is 19.1. The molecule has 1 amide bonds. The predicted octanol–water partition coefficient (Wildman–Crippen LogP) is 3.83. The van der Waals surface area contributed by atoms with Crippen LogP contribution in [0, 0.1) is 0 Å². The minimum absolute atomic E-state index is 0.0418. The minimum atomic E-state index is -0.537. The molecule has 0 N–H and O–H groups in total. The van der Waals surface area contributed by atoms with Crippen LogP contribution in [0.3, 0.4) is 0 Å². The average molecular weight is 456 g/mol. The number of halogens is 1. The molecule has 2 saturated heterocycles. The largest absolute Gasteiger partial charge is 0.444 e. The lowest BCUT2D eigenvalue weighted by atomic mass is 10.1. The van der Waals surface area contributed by atoms with Crippen molar-refractivity contribution in [3.05, 3.63) is 53.4 Å². The van der Waals surface area contributed by atoms with Gasteiger partial charge in [-0.15, -0.1) is 0 Å². The number of hydrogen-bond donors (Lipinski definition) is 0. The summed E-state index contributed by atoms with van der Waals surface area (Å²) in [6, 6.07) is 9.54. The number of imidazole rings is 1. The number of rotatable bonds is 3. The van der Waals surface area contributed by atoms with E-state index in [9.17, 15) is 4.79 Å². The SMILES string of the molecule is CC(C)(C)OC(=O)N1C2COC1CN(Cc1c(-c3ccc(Cl)cc3)nc3ncccn13)C2. The Bertz CT molecular complexity index is 1130. The third-order valence-corrected chi connectivity index (χ3v) is 5.92. The van der Waals surface area contributed by atoms with Gasteiger partial charge in [0, 0.05) is 42.6 Å². The van der Waals surface area contributed by atoms with Crippen LogP contribution in [0.2, 0.25) is 5.02 Å². The maximum absolute atomic E-state index is 12.7. The molecule has 0 aliphatic carbocycles. The van der Waals surface area contributed by atoms with E-state index in [2.05, 4.69) is 9.88 Å². The van der Waals surface area contributed by atoms with E-state index in [0.717, 1.165) is 17.0 Å². The summed E-state index contributed by atoms with van der Waals surface area (Å²) in [4.78, 5) is 26.0. The second-order valence-electron chi connectivity index (χ2n) is 9.23. The molecule has 0 radical (unpaired) electrons. The van der Waals surface area contributed by atoms with Crippen molar-refractivity contribution in [2.45, 2.75) is 45.2 Å². The summed E-state index contributed by atoms with van der Waals surface area (Å²) in [5, 5.41) is 0.684. The number of carbonyl (C=O) groups is 1. The Morgan fingerprint density at radius 3 is 2.75 bits per heavy atom. The Hall–Kier alpha value is -2.68. The van der Waals surface area contributed by atoms with Crippen molar-refractivity contribution in [1.82, 2.24) is 24.2 Å². The van der Waals surface area contributed by atoms with Crippen molar-refractivity contribution in [2.75, 3.05) is 19.7 Å². The highest BCUT2D eigenvalue weighted by Gasteiger charge is 2.45. The van der Waals surface area contributed by atoms with Crippen molar-refractivity contribution >= 4 is 23.5 Å². The van der Waals surface area contributed by atoms with Gasteiger partial charge >= 0.3 is 6.09 Å². The van der Waals surface area contributed by atoms with Crippen molar-refractivity contribution in [2.24, 2.45) is 0 Å². The van der Waals surface area contributed by atoms with E-state index in [1.807, 2.05) is 61.7 Å². The highest BCUT2D eigenvalue weighted by Crippen LogP contribution is 2.30. The molecule has 2 bridgehead atoms. The molecular weight excluding hydrogens is 430 g/mol. The average Bonchev–Trinajstić information content (AvgIpc) is 3.22. The van der Waals surface area contributed by atoms with E-state index < -0.39 is 5.60 Å². The van der Waals surface area contributed by atoms with Gasteiger partial charge in [-0.1, -0.05) is 23.7 Å². The number of hydrogen-bond acceptors (Lipinski definition) is 6. The standard InChI is InChI=1S/C23H26ClN5O3/c1-23(2,3)32-22(30)29-17-11-27(13-19(29)31-14-17)12-18-20(15-5-7-16(24)8-6-15)26-21-25-9-4-10-28(18)21/h4-10,17,19H,11-14H2,1-3H3. The molecule has 2 unspecified atom stereocenters. The molecule has 2 atom stereocenters. The van der Waals surface area contributed by atoms with Gasteiger partial charge in [-0.3, -0.25) is 14.2 Å². The molecule has 2 fully saturated rings. The fraction of sp³-hybridized carbons (Fsp3) is 0.435. The minimum Gasteiger partial charge on any atom is -0.444 e. The van der Waals surface area contributed by atoms with E-state index in [1.54, 1.807) is 11.1 Å². The van der Waals surface area contributed by atoms with Crippen LogP contribution in [0.1, 0.15) is 26.5 Å².